The van der Waals surface area contributed by atoms with Crippen LogP contribution in [0.15, 0.2) is 71.6 Å². The number of rotatable bonds is 6. The van der Waals surface area contributed by atoms with Gasteiger partial charge >= 0.3 is 0 Å². The molecule has 0 saturated carbocycles. The van der Waals surface area contributed by atoms with E-state index >= 15 is 0 Å². The van der Waals surface area contributed by atoms with Crippen LogP contribution in [0.1, 0.15) is 21.8 Å². The molecule has 0 saturated heterocycles. The topological polar surface area (TPSA) is 83.0 Å². The van der Waals surface area contributed by atoms with Crippen LogP contribution in [0.25, 0.3) is 22.3 Å². The molecule has 0 radical (unpaired) electrons. The molecule has 0 amide bonds. The zero-order chi connectivity index (χ0) is 22.9. The Balaban J connectivity index is 1.57. The number of benzene rings is 2. The number of ketones is 1. The third-order valence-corrected chi connectivity index (χ3v) is 5.83. The Hall–Kier alpha value is -3.68. The average molecular weight is 479 g/mol. The van der Waals surface area contributed by atoms with Crippen molar-refractivity contribution in [2.75, 3.05) is 7.11 Å². The van der Waals surface area contributed by atoms with Crippen LogP contribution in [0.2, 0.25) is 10.0 Å². The van der Waals surface area contributed by atoms with Crippen LogP contribution in [-0.4, -0.2) is 32.6 Å². The van der Waals surface area contributed by atoms with Gasteiger partial charge in [-0.3, -0.25) is 9.78 Å². The minimum Gasteiger partial charge on any atom is -0.497 e. The minimum absolute atomic E-state index is 0.104. The SMILES string of the molecule is COc1ccc2c(c1)c(C(=O)c1nc(-c3ccncc3)no1)cn2Cc1ccc(Cl)cc1Cl. The van der Waals surface area contributed by atoms with E-state index in [4.69, 9.17) is 32.5 Å². The summed E-state index contributed by atoms with van der Waals surface area (Å²) in [4.78, 5) is 21.6. The highest BCUT2D eigenvalue weighted by atomic mass is 35.5. The molecule has 0 aliphatic carbocycles. The van der Waals surface area contributed by atoms with Gasteiger partial charge in [0.15, 0.2) is 0 Å². The summed E-state index contributed by atoms with van der Waals surface area (Å²) in [5, 5.41) is 5.75. The van der Waals surface area contributed by atoms with Crippen LogP contribution in [0.5, 0.6) is 5.75 Å². The molecule has 0 N–H and O–H groups in total. The van der Waals surface area contributed by atoms with Gasteiger partial charge in [0, 0.05) is 51.6 Å². The van der Waals surface area contributed by atoms with E-state index in [-0.39, 0.29) is 11.7 Å². The van der Waals surface area contributed by atoms with Gasteiger partial charge < -0.3 is 13.8 Å². The summed E-state index contributed by atoms with van der Waals surface area (Å²) in [6.07, 6.45) is 5.00. The maximum absolute atomic E-state index is 13.4. The van der Waals surface area contributed by atoms with Crippen LogP contribution < -0.4 is 4.74 Å². The van der Waals surface area contributed by atoms with Gasteiger partial charge in [-0.1, -0.05) is 34.4 Å². The van der Waals surface area contributed by atoms with Gasteiger partial charge in [0.2, 0.25) is 5.82 Å². The van der Waals surface area contributed by atoms with Crippen LogP contribution in [0.4, 0.5) is 0 Å². The highest BCUT2D eigenvalue weighted by Gasteiger charge is 2.23. The lowest BCUT2D eigenvalue weighted by atomic mass is 10.1. The molecular weight excluding hydrogens is 463 g/mol. The lowest BCUT2D eigenvalue weighted by molar-refractivity contribution is 0.0995. The summed E-state index contributed by atoms with van der Waals surface area (Å²) in [6, 6.07) is 14.4. The summed E-state index contributed by atoms with van der Waals surface area (Å²) in [5.74, 6) is 0.451. The van der Waals surface area contributed by atoms with Gasteiger partial charge in [0.25, 0.3) is 11.7 Å². The molecular formula is C24H16Cl2N4O3. The highest BCUT2D eigenvalue weighted by Crippen LogP contribution is 2.30. The first-order valence-electron chi connectivity index (χ1n) is 9.93. The number of fused-ring (bicyclic) bond motifs is 1. The number of hydrogen-bond acceptors (Lipinski definition) is 6. The number of aromatic nitrogens is 4. The number of carbonyl (C=O) groups is 1. The lowest BCUT2D eigenvalue weighted by Crippen LogP contribution is -2.02. The Morgan fingerprint density at radius 2 is 1.91 bits per heavy atom. The summed E-state index contributed by atoms with van der Waals surface area (Å²) in [7, 11) is 1.58. The highest BCUT2D eigenvalue weighted by molar-refractivity contribution is 6.35. The molecule has 7 nitrogen and oxygen atoms in total. The third kappa shape index (κ3) is 4.08. The summed E-state index contributed by atoms with van der Waals surface area (Å²) in [5.41, 5.74) is 2.82. The third-order valence-electron chi connectivity index (χ3n) is 5.25. The van der Waals surface area contributed by atoms with E-state index in [9.17, 15) is 4.79 Å². The number of nitrogens with zero attached hydrogens (tertiary/aromatic N) is 4. The van der Waals surface area contributed by atoms with Crippen molar-refractivity contribution in [3.63, 3.8) is 0 Å². The van der Waals surface area contributed by atoms with Crippen LogP contribution in [0, 0.1) is 0 Å². The van der Waals surface area contributed by atoms with Crippen LogP contribution >= 0.6 is 23.2 Å². The Kier molecular flexibility index (Phi) is 5.58. The van der Waals surface area contributed by atoms with Crippen molar-refractivity contribution in [2.45, 2.75) is 6.54 Å². The zero-order valence-electron chi connectivity index (χ0n) is 17.3. The number of methoxy groups -OCH3 is 1. The second-order valence-corrected chi connectivity index (χ2v) is 8.12. The van der Waals surface area contributed by atoms with Crippen molar-refractivity contribution in [3.05, 3.63) is 94.2 Å². The molecule has 5 rings (SSSR count). The van der Waals surface area contributed by atoms with E-state index in [0.717, 1.165) is 11.1 Å². The van der Waals surface area contributed by atoms with Gasteiger partial charge in [0.05, 0.1) is 12.7 Å². The number of ether oxygens (including phenoxy) is 1. The van der Waals surface area contributed by atoms with Crippen molar-refractivity contribution >= 4 is 39.9 Å². The van der Waals surface area contributed by atoms with Gasteiger partial charge in [-0.15, -0.1) is 0 Å². The maximum Gasteiger partial charge on any atom is 0.299 e. The van der Waals surface area contributed by atoms with Crippen molar-refractivity contribution in [3.8, 4) is 17.1 Å². The molecule has 5 aromatic rings. The molecule has 0 fully saturated rings. The van der Waals surface area contributed by atoms with Gasteiger partial charge in [-0.2, -0.15) is 4.98 Å². The van der Waals surface area contributed by atoms with Gasteiger partial charge in [-0.25, -0.2) is 0 Å². The van der Waals surface area contributed by atoms with Crippen molar-refractivity contribution in [1.82, 2.24) is 19.7 Å². The normalized spacial score (nSPS) is 11.1. The number of halogens is 2. The first-order chi connectivity index (χ1) is 16.0. The molecule has 2 aromatic carbocycles. The van der Waals surface area contributed by atoms with E-state index in [2.05, 4.69) is 15.1 Å². The zero-order valence-corrected chi connectivity index (χ0v) is 18.8. The molecule has 3 heterocycles. The molecule has 164 valence electrons. The fourth-order valence-corrected chi connectivity index (χ4v) is 4.07. The predicted molar refractivity (Wildman–Crippen MR) is 125 cm³/mol. The Morgan fingerprint density at radius 1 is 1.09 bits per heavy atom. The molecule has 0 aliphatic heterocycles. The van der Waals surface area contributed by atoms with Crippen molar-refractivity contribution in [1.29, 1.82) is 0 Å². The van der Waals surface area contributed by atoms with Crippen molar-refractivity contribution in [2.24, 2.45) is 0 Å². The largest absolute Gasteiger partial charge is 0.497 e. The number of hydrogen-bond donors (Lipinski definition) is 0. The molecule has 33 heavy (non-hydrogen) atoms. The summed E-state index contributed by atoms with van der Waals surface area (Å²) >= 11 is 12.4. The smallest absolute Gasteiger partial charge is 0.299 e. The molecule has 0 unspecified atom stereocenters. The van der Waals surface area contributed by atoms with Gasteiger partial charge in [0.1, 0.15) is 5.75 Å². The fourth-order valence-electron chi connectivity index (χ4n) is 3.60. The Bertz CT molecular complexity index is 1480. The van der Waals surface area contributed by atoms with E-state index in [1.807, 2.05) is 28.8 Å². The van der Waals surface area contributed by atoms with E-state index < -0.39 is 0 Å². The maximum atomic E-state index is 13.4. The quantitative estimate of drug-likeness (QED) is 0.292. The Labute approximate surface area is 198 Å². The molecule has 0 spiro atoms. The van der Waals surface area contributed by atoms with E-state index in [1.54, 1.807) is 50.0 Å². The molecule has 0 bridgehead atoms. The summed E-state index contributed by atoms with van der Waals surface area (Å²) in [6.45, 7) is 0.443. The first kappa shape index (κ1) is 21.2. The molecule has 9 heteroatoms. The fraction of sp³-hybridized carbons (Fsp3) is 0.0833. The first-order valence-corrected chi connectivity index (χ1v) is 10.7. The summed E-state index contributed by atoms with van der Waals surface area (Å²) < 4.78 is 12.6. The second-order valence-electron chi connectivity index (χ2n) is 7.28. The molecule has 0 aliphatic rings. The lowest BCUT2D eigenvalue weighted by Gasteiger charge is -2.08. The van der Waals surface area contributed by atoms with Gasteiger partial charge in [-0.05, 0) is 48.0 Å². The van der Waals surface area contributed by atoms with E-state index in [0.29, 0.717) is 44.7 Å². The van der Waals surface area contributed by atoms with E-state index in [1.165, 1.54) is 0 Å². The monoisotopic (exact) mass is 478 g/mol. The van der Waals surface area contributed by atoms with Crippen LogP contribution in [-0.2, 0) is 6.54 Å². The minimum atomic E-state index is -0.387. The molecule has 3 aromatic heterocycles. The number of carbonyl (C=O) groups excluding carboxylic acids is 1. The van der Waals surface area contributed by atoms with Crippen LogP contribution in [0.3, 0.4) is 0 Å². The second kappa shape index (κ2) is 8.69. The standard InChI is InChI=1S/C24H16Cl2N4O3/c1-32-17-4-5-21-18(11-17)19(13-30(21)12-15-2-3-16(25)10-20(15)26)22(31)24-28-23(29-33-24)14-6-8-27-9-7-14/h2-11,13H,12H2,1H3. The van der Waals surface area contributed by atoms with Crippen molar-refractivity contribution < 1.29 is 14.1 Å². The molecule has 0 atom stereocenters. The predicted octanol–water partition coefficient (Wildman–Crippen LogP) is 5.68. The average Bonchev–Trinajstić information content (AvgIpc) is 3.46. The number of pyridine rings is 1. The Morgan fingerprint density at radius 3 is 2.67 bits per heavy atom.